The molecule has 2 heterocycles. The summed E-state index contributed by atoms with van der Waals surface area (Å²) in [5.41, 5.74) is 3.15. The van der Waals surface area contributed by atoms with Crippen LogP contribution < -0.4 is 4.74 Å². The SMILES string of the molecule is Cc1cncc([C@H]2CCCN2Cc2ccc(OCC(=O)O)cc2)n1. The summed E-state index contributed by atoms with van der Waals surface area (Å²) in [5.74, 6) is -0.401. The predicted molar refractivity (Wildman–Crippen MR) is 88.7 cm³/mol. The molecule has 1 aromatic carbocycles. The quantitative estimate of drug-likeness (QED) is 0.879. The molecule has 24 heavy (non-hydrogen) atoms. The molecule has 0 amide bonds. The molecule has 6 nitrogen and oxygen atoms in total. The molecule has 0 aliphatic carbocycles. The van der Waals surface area contributed by atoms with Crippen LogP contribution in [-0.2, 0) is 11.3 Å². The van der Waals surface area contributed by atoms with Crippen molar-refractivity contribution in [3.8, 4) is 5.75 Å². The van der Waals surface area contributed by atoms with E-state index < -0.39 is 5.97 Å². The lowest BCUT2D eigenvalue weighted by molar-refractivity contribution is -0.139. The van der Waals surface area contributed by atoms with Crippen molar-refractivity contribution in [2.45, 2.75) is 32.4 Å². The van der Waals surface area contributed by atoms with Gasteiger partial charge in [-0.2, -0.15) is 0 Å². The summed E-state index contributed by atoms with van der Waals surface area (Å²) < 4.78 is 5.16. The molecule has 0 spiro atoms. The van der Waals surface area contributed by atoms with E-state index in [2.05, 4.69) is 14.9 Å². The first-order chi connectivity index (χ1) is 11.6. The Bertz CT molecular complexity index is 703. The maximum absolute atomic E-state index is 10.5. The number of hydrogen-bond acceptors (Lipinski definition) is 5. The number of aliphatic carboxylic acids is 1. The molecule has 2 aromatic rings. The van der Waals surface area contributed by atoms with E-state index >= 15 is 0 Å². The van der Waals surface area contributed by atoms with Crippen LogP contribution in [0.1, 0.15) is 35.8 Å². The summed E-state index contributed by atoms with van der Waals surface area (Å²) in [6.07, 6.45) is 5.88. The van der Waals surface area contributed by atoms with Crippen molar-refractivity contribution in [2.75, 3.05) is 13.2 Å². The molecular weight excluding hydrogens is 306 g/mol. The van der Waals surface area contributed by atoms with Gasteiger partial charge in [0.25, 0.3) is 0 Å². The zero-order chi connectivity index (χ0) is 16.9. The molecule has 1 fully saturated rings. The molecular formula is C18H21N3O3. The van der Waals surface area contributed by atoms with Gasteiger partial charge in [-0.05, 0) is 44.0 Å². The van der Waals surface area contributed by atoms with E-state index in [0.717, 1.165) is 37.3 Å². The maximum Gasteiger partial charge on any atom is 0.341 e. The molecule has 0 radical (unpaired) electrons. The minimum absolute atomic E-state index is 0.306. The second kappa shape index (κ2) is 7.40. The Kier molecular flexibility index (Phi) is 5.05. The first-order valence-electron chi connectivity index (χ1n) is 8.08. The fraction of sp³-hybridized carbons (Fsp3) is 0.389. The van der Waals surface area contributed by atoms with Crippen molar-refractivity contribution in [1.82, 2.24) is 14.9 Å². The van der Waals surface area contributed by atoms with E-state index in [1.165, 1.54) is 5.56 Å². The van der Waals surface area contributed by atoms with Gasteiger partial charge < -0.3 is 9.84 Å². The Labute approximate surface area is 141 Å². The van der Waals surface area contributed by atoms with Gasteiger partial charge in [0.05, 0.1) is 17.4 Å². The molecule has 1 aliphatic heterocycles. The van der Waals surface area contributed by atoms with Crippen LogP contribution in [0.4, 0.5) is 0 Å². The highest BCUT2D eigenvalue weighted by Crippen LogP contribution is 2.32. The molecule has 0 saturated carbocycles. The standard InChI is InChI=1S/C18H21N3O3/c1-13-9-19-10-16(20-13)17-3-2-8-21(17)11-14-4-6-15(7-5-14)24-12-18(22)23/h4-7,9-10,17H,2-3,8,11-12H2,1H3,(H,22,23)/t17-/m1/s1. The van der Waals surface area contributed by atoms with Crippen molar-refractivity contribution in [1.29, 1.82) is 0 Å². The molecule has 1 atom stereocenters. The van der Waals surface area contributed by atoms with E-state index in [9.17, 15) is 4.79 Å². The van der Waals surface area contributed by atoms with Crippen LogP contribution in [0.25, 0.3) is 0 Å². The monoisotopic (exact) mass is 327 g/mol. The van der Waals surface area contributed by atoms with Crippen LogP contribution in [0.3, 0.4) is 0 Å². The van der Waals surface area contributed by atoms with Gasteiger partial charge >= 0.3 is 5.97 Å². The third kappa shape index (κ3) is 4.08. The first-order valence-corrected chi connectivity index (χ1v) is 8.08. The van der Waals surface area contributed by atoms with Crippen LogP contribution >= 0.6 is 0 Å². The fourth-order valence-corrected chi connectivity index (χ4v) is 3.06. The summed E-state index contributed by atoms with van der Waals surface area (Å²) in [6.45, 7) is 3.52. The molecule has 1 aliphatic rings. The summed E-state index contributed by atoms with van der Waals surface area (Å²) in [7, 11) is 0. The zero-order valence-electron chi connectivity index (χ0n) is 13.7. The first kappa shape index (κ1) is 16.4. The topological polar surface area (TPSA) is 75.6 Å². The van der Waals surface area contributed by atoms with Gasteiger partial charge in [0.15, 0.2) is 6.61 Å². The minimum atomic E-state index is -0.974. The third-order valence-corrected chi connectivity index (χ3v) is 4.15. The van der Waals surface area contributed by atoms with Crippen molar-refractivity contribution >= 4 is 5.97 Å². The average Bonchev–Trinajstić information content (AvgIpc) is 3.02. The number of benzene rings is 1. The lowest BCUT2D eigenvalue weighted by Crippen LogP contribution is -2.23. The van der Waals surface area contributed by atoms with Crippen LogP contribution in [0, 0.1) is 6.92 Å². The van der Waals surface area contributed by atoms with Crippen molar-refractivity contribution < 1.29 is 14.6 Å². The second-order valence-electron chi connectivity index (χ2n) is 6.04. The van der Waals surface area contributed by atoms with Crippen LogP contribution in [0.5, 0.6) is 5.75 Å². The Balaban J connectivity index is 1.65. The summed E-state index contributed by atoms with van der Waals surface area (Å²) in [4.78, 5) is 21.8. The van der Waals surface area contributed by atoms with E-state index in [1.54, 1.807) is 6.20 Å². The van der Waals surface area contributed by atoms with E-state index in [0.29, 0.717) is 11.8 Å². The van der Waals surface area contributed by atoms with E-state index in [-0.39, 0.29) is 6.61 Å². The Hall–Kier alpha value is -2.47. The van der Waals surface area contributed by atoms with Gasteiger partial charge in [0, 0.05) is 18.9 Å². The largest absolute Gasteiger partial charge is 0.482 e. The summed E-state index contributed by atoms with van der Waals surface area (Å²) in [6, 6.07) is 7.90. The average molecular weight is 327 g/mol. The van der Waals surface area contributed by atoms with Gasteiger partial charge in [0.2, 0.25) is 0 Å². The van der Waals surface area contributed by atoms with Crippen molar-refractivity contribution in [2.24, 2.45) is 0 Å². The number of aromatic nitrogens is 2. The van der Waals surface area contributed by atoms with Gasteiger partial charge in [0.1, 0.15) is 5.75 Å². The van der Waals surface area contributed by atoms with Gasteiger partial charge in [-0.1, -0.05) is 12.1 Å². The highest BCUT2D eigenvalue weighted by Gasteiger charge is 2.27. The molecule has 3 rings (SSSR count). The molecule has 6 heteroatoms. The highest BCUT2D eigenvalue weighted by molar-refractivity contribution is 5.68. The van der Waals surface area contributed by atoms with Crippen LogP contribution in [0.2, 0.25) is 0 Å². The number of hydrogen-bond donors (Lipinski definition) is 1. The number of carbonyl (C=O) groups is 1. The predicted octanol–water partition coefficient (Wildman–Crippen LogP) is 2.59. The number of rotatable bonds is 6. The van der Waals surface area contributed by atoms with Crippen LogP contribution in [-0.4, -0.2) is 39.1 Å². The number of ether oxygens (including phenoxy) is 1. The van der Waals surface area contributed by atoms with Crippen molar-refractivity contribution in [3.05, 3.63) is 53.6 Å². The minimum Gasteiger partial charge on any atom is -0.482 e. The summed E-state index contributed by atoms with van der Waals surface area (Å²) in [5, 5.41) is 8.63. The summed E-state index contributed by atoms with van der Waals surface area (Å²) >= 11 is 0. The van der Waals surface area contributed by atoms with Gasteiger partial charge in [-0.15, -0.1) is 0 Å². The molecule has 0 bridgehead atoms. The smallest absolute Gasteiger partial charge is 0.341 e. The number of carboxylic acid groups (broad SMARTS) is 1. The molecule has 126 valence electrons. The molecule has 1 aromatic heterocycles. The maximum atomic E-state index is 10.5. The molecule has 1 N–H and O–H groups in total. The Morgan fingerprint density at radius 2 is 2.12 bits per heavy atom. The second-order valence-corrected chi connectivity index (χ2v) is 6.04. The Morgan fingerprint density at radius 3 is 2.83 bits per heavy atom. The lowest BCUT2D eigenvalue weighted by atomic mass is 10.1. The van der Waals surface area contributed by atoms with Gasteiger partial charge in [-0.25, -0.2) is 4.79 Å². The number of likely N-dealkylation sites (tertiary alicyclic amines) is 1. The van der Waals surface area contributed by atoms with E-state index in [4.69, 9.17) is 9.84 Å². The molecule has 1 saturated heterocycles. The Morgan fingerprint density at radius 1 is 1.33 bits per heavy atom. The number of carboxylic acids is 1. The van der Waals surface area contributed by atoms with Crippen LogP contribution in [0.15, 0.2) is 36.7 Å². The zero-order valence-corrected chi connectivity index (χ0v) is 13.7. The highest BCUT2D eigenvalue weighted by atomic mass is 16.5. The number of nitrogens with zero attached hydrogens (tertiary/aromatic N) is 3. The normalized spacial score (nSPS) is 17.8. The lowest BCUT2D eigenvalue weighted by Gasteiger charge is -2.24. The van der Waals surface area contributed by atoms with Gasteiger partial charge in [-0.3, -0.25) is 14.9 Å². The number of aryl methyl sites for hydroxylation is 1. The van der Waals surface area contributed by atoms with E-state index in [1.807, 2.05) is 37.4 Å². The fourth-order valence-electron chi connectivity index (χ4n) is 3.06. The molecule has 0 unspecified atom stereocenters. The van der Waals surface area contributed by atoms with Crippen molar-refractivity contribution in [3.63, 3.8) is 0 Å². The third-order valence-electron chi connectivity index (χ3n) is 4.15.